The second-order valence-electron chi connectivity index (χ2n) is 6.46. The standard InChI is InChI=1S/C19H20N2O4S/c22-19(18-14-15-6-4-5-9-17(15)25-18)20-10-12-21(13-11-20)26(23,24)16-7-2-1-3-8-16/h1-9,18H,10-14H2. The molecule has 2 aromatic rings. The van der Waals surface area contributed by atoms with Gasteiger partial charge >= 0.3 is 0 Å². The second-order valence-corrected chi connectivity index (χ2v) is 8.40. The normalized spacial score (nSPS) is 20.5. The number of sulfonamides is 1. The zero-order valence-electron chi connectivity index (χ0n) is 14.2. The molecular formula is C19H20N2O4S. The lowest BCUT2D eigenvalue weighted by molar-refractivity contribution is -0.139. The maximum Gasteiger partial charge on any atom is 0.264 e. The molecule has 1 atom stereocenters. The number of fused-ring (bicyclic) bond motifs is 1. The van der Waals surface area contributed by atoms with Crippen molar-refractivity contribution in [1.82, 2.24) is 9.21 Å². The Kier molecular flexibility index (Phi) is 4.42. The minimum atomic E-state index is -3.51. The third-order valence-electron chi connectivity index (χ3n) is 4.85. The van der Waals surface area contributed by atoms with E-state index in [-0.39, 0.29) is 10.8 Å². The minimum Gasteiger partial charge on any atom is -0.480 e. The Morgan fingerprint density at radius 3 is 2.27 bits per heavy atom. The van der Waals surface area contributed by atoms with E-state index < -0.39 is 16.1 Å². The molecule has 2 aliphatic heterocycles. The molecule has 0 aromatic heterocycles. The number of amides is 1. The summed E-state index contributed by atoms with van der Waals surface area (Å²) >= 11 is 0. The van der Waals surface area contributed by atoms with Crippen molar-refractivity contribution < 1.29 is 17.9 Å². The maximum atomic E-state index is 12.7. The third kappa shape index (κ3) is 3.08. The Bertz CT molecular complexity index is 881. The number of rotatable bonds is 3. The lowest BCUT2D eigenvalue weighted by atomic mass is 10.1. The Balaban J connectivity index is 1.39. The number of nitrogens with zero attached hydrogens (tertiary/aromatic N) is 2. The van der Waals surface area contributed by atoms with Crippen molar-refractivity contribution in [1.29, 1.82) is 0 Å². The fourth-order valence-electron chi connectivity index (χ4n) is 3.41. The average Bonchev–Trinajstić information content (AvgIpc) is 3.12. The molecule has 7 heteroatoms. The van der Waals surface area contributed by atoms with Crippen molar-refractivity contribution >= 4 is 15.9 Å². The van der Waals surface area contributed by atoms with Gasteiger partial charge in [0.2, 0.25) is 10.0 Å². The quantitative estimate of drug-likeness (QED) is 0.819. The van der Waals surface area contributed by atoms with E-state index in [9.17, 15) is 13.2 Å². The molecule has 0 aliphatic carbocycles. The highest BCUT2D eigenvalue weighted by Gasteiger charge is 2.35. The summed E-state index contributed by atoms with van der Waals surface area (Å²) in [5, 5.41) is 0. The van der Waals surface area contributed by atoms with E-state index in [2.05, 4.69) is 0 Å². The van der Waals surface area contributed by atoms with Crippen molar-refractivity contribution in [2.24, 2.45) is 0 Å². The highest BCUT2D eigenvalue weighted by Crippen LogP contribution is 2.29. The number of benzene rings is 2. The first-order valence-electron chi connectivity index (χ1n) is 8.64. The van der Waals surface area contributed by atoms with Gasteiger partial charge < -0.3 is 9.64 Å². The van der Waals surface area contributed by atoms with E-state index in [0.29, 0.717) is 32.6 Å². The highest BCUT2D eigenvalue weighted by molar-refractivity contribution is 7.89. The Morgan fingerprint density at radius 1 is 0.923 bits per heavy atom. The molecule has 136 valence electrons. The van der Waals surface area contributed by atoms with Gasteiger partial charge in [-0.3, -0.25) is 4.79 Å². The van der Waals surface area contributed by atoms with Crippen LogP contribution in [0.2, 0.25) is 0 Å². The number of piperazine rings is 1. The summed E-state index contributed by atoms with van der Waals surface area (Å²) in [6.07, 6.45) is 0.0574. The monoisotopic (exact) mass is 372 g/mol. The number of ether oxygens (including phenoxy) is 1. The molecule has 2 aromatic carbocycles. The highest BCUT2D eigenvalue weighted by atomic mass is 32.2. The van der Waals surface area contributed by atoms with Crippen LogP contribution in [0.15, 0.2) is 59.5 Å². The van der Waals surface area contributed by atoms with Crippen LogP contribution in [0, 0.1) is 0 Å². The minimum absolute atomic E-state index is 0.0713. The number of hydrogen-bond acceptors (Lipinski definition) is 4. The van der Waals surface area contributed by atoms with Gasteiger partial charge in [0.25, 0.3) is 5.91 Å². The molecular weight excluding hydrogens is 352 g/mol. The summed E-state index contributed by atoms with van der Waals surface area (Å²) in [6, 6.07) is 16.0. The zero-order valence-corrected chi connectivity index (χ0v) is 15.1. The number of carbonyl (C=O) groups excluding carboxylic acids is 1. The van der Waals surface area contributed by atoms with Crippen LogP contribution in [0.5, 0.6) is 5.75 Å². The average molecular weight is 372 g/mol. The first-order valence-corrected chi connectivity index (χ1v) is 10.1. The van der Waals surface area contributed by atoms with Crippen LogP contribution in [0.4, 0.5) is 0 Å². The van der Waals surface area contributed by atoms with Gasteiger partial charge in [-0.05, 0) is 23.8 Å². The van der Waals surface area contributed by atoms with Crippen LogP contribution in [-0.4, -0.2) is 55.8 Å². The molecule has 0 bridgehead atoms. The predicted molar refractivity (Wildman–Crippen MR) is 96.3 cm³/mol. The first-order chi connectivity index (χ1) is 12.6. The molecule has 6 nitrogen and oxygen atoms in total. The van der Waals surface area contributed by atoms with E-state index in [4.69, 9.17) is 4.74 Å². The van der Waals surface area contributed by atoms with E-state index in [1.54, 1.807) is 35.2 Å². The van der Waals surface area contributed by atoms with Gasteiger partial charge in [-0.1, -0.05) is 36.4 Å². The van der Waals surface area contributed by atoms with Crippen molar-refractivity contribution in [2.75, 3.05) is 26.2 Å². The van der Waals surface area contributed by atoms with Gasteiger partial charge in [0.15, 0.2) is 6.10 Å². The van der Waals surface area contributed by atoms with Gasteiger partial charge in [-0.2, -0.15) is 4.31 Å². The topological polar surface area (TPSA) is 66.9 Å². The van der Waals surface area contributed by atoms with Crippen LogP contribution in [-0.2, 0) is 21.2 Å². The van der Waals surface area contributed by atoms with Crippen LogP contribution >= 0.6 is 0 Å². The maximum absolute atomic E-state index is 12.7. The molecule has 1 amide bonds. The smallest absolute Gasteiger partial charge is 0.264 e. The molecule has 0 radical (unpaired) electrons. The van der Waals surface area contributed by atoms with Crippen LogP contribution in [0.25, 0.3) is 0 Å². The van der Waals surface area contributed by atoms with Crippen LogP contribution < -0.4 is 4.74 Å². The van der Waals surface area contributed by atoms with Crippen molar-refractivity contribution in [3.8, 4) is 5.75 Å². The molecule has 1 saturated heterocycles. The SMILES string of the molecule is O=C(C1Cc2ccccc2O1)N1CCN(S(=O)(=O)c2ccccc2)CC1. The Hall–Kier alpha value is -2.38. The fourth-order valence-corrected chi connectivity index (χ4v) is 4.86. The Labute approximate surface area is 153 Å². The molecule has 1 fully saturated rings. The number of carbonyl (C=O) groups is 1. The second kappa shape index (κ2) is 6.74. The van der Waals surface area contributed by atoms with Crippen molar-refractivity contribution in [2.45, 2.75) is 17.4 Å². The predicted octanol–water partition coefficient (Wildman–Crippen LogP) is 1.52. The van der Waals surface area contributed by atoms with E-state index in [1.807, 2.05) is 24.3 Å². The molecule has 26 heavy (non-hydrogen) atoms. The van der Waals surface area contributed by atoms with E-state index in [1.165, 1.54) is 4.31 Å². The van der Waals surface area contributed by atoms with Gasteiger partial charge in [0.05, 0.1) is 4.90 Å². The summed E-state index contributed by atoms with van der Waals surface area (Å²) in [6.45, 7) is 1.34. The summed E-state index contributed by atoms with van der Waals surface area (Å²) in [7, 11) is -3.51. The summed E-state index contributed by atoms with van der Waals surface area (Å²) < 4.78 is 32.5. The Morgan fingerprint density at radius 2 is 1.58 bits per heavy atom. The molecule has 0 spiro atoms. The summed E-state index contributed by atoms with van der Waals surface area (Å²) in [5.41, 5.74) is 1.04. The van der Waals surface area contributed by atoms with Crippen LogP contribution in [0.1, 0.15) is 5.56 Å². The van der Waals surface area contributed by atoms with Gasteiger partial charge in [0, 0.05) is 32.6 Å². The number of hydrogen-bond donors (Lipinski definition) is 0. The third-order valence-corrected chi connectivity index (χ3v) is 6.77. The lowest BCUT2D eigenvalue weighted by Crippen LogP contribution is -2.53. The van der Waals surface area contributed by atoms with E-state index in [0.717, 1.165) is 11.3 Å². The lowest BCUT2D eigenvalue weighted by Gasteiger charge is -2.35. The summed E-state index contributed by atoms with van der Waals surface area (Å²) in [5.74, 6) is 0.689. The van der Waals surface area contributed by atoms with Gasteiger partial charge in [-0.25, -0.2) is 8.42 Å². The molecule has 2 aliphatic rings. The van der Waals surface area contributed by atoms with Gasteiger partial charge in [-0.15, -0.1) is 0 Å². The van der Waals surface area contributed by atoms with Crippen molar-refractivity contribution in [3.05, 3.63) is 60.2 Å². The fraction of sp³-hybridized carbons (Fsp3) is 0.316. The molecule has 0 N–H and O–H groups in total. The molecule has 4 rings (SSSR count). The summed E-state index contributed by atoms with van der Waals surface area (Å²) in [4.78, 5) is 14.7. The molecule has 1 unspecified atom stereocenters. The van der Waals surface area contributed by atoms with Crippen molar-refractivity contribution in [3.63, 3.8) is 0 Å². The van der Waals surface area contributed by atoms with Crippen LogP contribution in [0.3, 0.4) is 0 Å². The van der Waals surface area contributed by atoms with E-state index >= 15 is 0 Å². The number of para-hydroxylation sites is 1. The van der Waals surface area contributed by atoms with Gasteiger partial charge in [0.1, 0.15) is 5.75 Å². The molecule has 2 heterocycles. The first kappa shape index (κ1) is 17.1. The zero-order chi connectivity index (χ0) is 18.1. The molecule has 0 saturated carbocycles. The largest absolute Gasteiger partial charge is 0.480 e.